The summed E-state index contributed by atoms with van der Waals surface area (Å²) < 4.78 is 32.7. The third kappa shape index (κ3) is 5.74. The second-order valence-electron chi connectivity index (χ2n) is 9.49. The van der Waals surface area contributed by atoms with Crippen LogP contribution in [0.1, 0.15) is 48.5 Å². The summed E-state index contributed by atoms with van der Waals surface area (Å²) in [7, 11) is -4.24. The molecule has 1 fully saturated rings. The van der Waals surface area contributed by atoms with E-state index in [1.54, 1.807) is 6.20 Å². The molecule has 0 spiro atoms. The predicted molar refractivity (Wildman–Crippen MR) is 142 cm³/mol. The van der Waals surface area contributed by atoms with Gasteiger partial charge in [-0.25, -0.2) is 9.97 Å². The first-order chi connectivity index (χ1) is 18.7. The van der Waals surface area contributed by atoms with E-state index in [1.165, 1.54) is 18.2 Å². The van der Waals surface area contributed by atoms with Crippen molar-refractivity contribution in [3.8, 4) is 11.8 Å². The molecule has 1 amide bonds. The van der Waals surface area contributed by atoms with E-state index in [-0.39, 0.29) is 29.6 Å². The number of carbonyl (C=O) groups excluding carboxylic acids is 1. The number of hydrogen-bond donors (Lipinski definition) is 4. The van der Waals surface area contributed by atoms with Crippen LogP contribution >= 0.6 is 0 Å². The second-order valence-corrected chi connectivity index (χ2v) is 11.1. The molecule has 1 aliphatic carbocycles. The van der Waals surface area contributed by atoms with E-state index in [0.29, 0.717) is 23.8 Å². The average molecular weight is 551 g/mol. The lowest BCUT2D eigenvalue weighted by Crippen LogP contribution is -2.28. The first-order valence-electron chi connectivity index (χ1n) is 12.4. The number of aromatic hydroxyl groups is 1. The lowest BCUT2D eigenvalue weighted by Gasteiger charge is -2.29. The zero-order chi connectivity index (χ0) is 27.6. The molecule has 0 unspecified atom stereocenters. The van der Waals surface area contributed by atoms with Crippen molar-refractivity contribution < 1.29 is 22.9 Å². The van der Waals surface area contributed by atoms with Gasteiger partial charge in [0.25, 0.3) is 22.0 Å². The Balaban J connectivity index is 1.46. The van der Waals surface area contributed by atoms with Gasteiger partial charge in [0.1, 0.15) is 16.9 Å². The average Bonchev–Trinajstić information content (AvgIpc) is 3.52. The van der Waals surface area contributed by atoms with Gasteiger partial charge in [-0.3, -0.25) is 9.35 Å². The van der Waals surface area contributed by atoms with Crippen molar-refractivity contribution in [1.29, 1.82) is 5.26 Å². The zero-order valence-electron chi connectivity index (χ0n) is 20.8. The number of rotatable bonds is 8. The number of pyridine rings is 1. The summed E-state index contributed by atoms with van der Waals surface area (Å²) >= 11 is 0. The predicted octanol–water partition coefficient (Wildman–Crippen LogP) is 4.30. The summed E-state index contributed by atoms with van der Waals surface area (Å²) in [6, 6.07) is 8.42. The molecule has 4 N–H and O–H groups in total. The van der Waals surface area contributed by atoms with Gasteiger partial charge in [-0.15, -0.1) is 10.2 Å². The minimum absolute atomic E-state index is 0.100. The van der Waals surface area contributed by atoms with Crippen LogP contribution < -0.4 is 5.32 Å². The Bertz CT molecular complexity index is 1710. The van der Waals surface area contributed by atoms with Crippen molar-refractivity contribution in [2.45, 2.75) is 38.1 Å². The monoisotopic (exact) mass is 550 g/mol. The molecule has 1 saturated carbocycles. The molecule has 4 aromatic rings. The summed E-state index contributed by atoms with van der Waals surface area (Å²) in [4.78, 5) is 24.7. The van der Waals surface area contributed by atoms with E-state index in [2.05, 4.69) is 36.1 Å². The van der Waals surface area contributed by atoms with Crippen LogP contribution in [0, 0.1) is 17.2 Å². The first-order valence-corrected chi connectivity index (χ1v) is 14.0. The fourth-order valence-electron chi connectivity index (χ4n) is 4.99. The molecular weight excluding hydrogens is 524 g/mol. The lowest BCUT2D eigenvalue weighted by atomic mass is 9.84. The normalized spacial score (nSPS) is 18.1. The van der Waals surface area contributed by atoms with Crippen LogP contribution in [0.3, 0.4) is 0 Å². The van der Waals surface area contributed by atoms with E-state index in [4.69, 9.17) is 14.8 Å². The highest BCUT2D eigenvalue weighted by Gasteiger charge is 2.27. The van der Waals surface area contributed by atoms with Crippen molar-refractivity contribution in [1.82, 2.24) is 24.8 Å². The highest BCUT2D eigenvalue weighted by Crippen LogP contribution is 2.40. The van der Waals surface area contributed by atoms with Gasteiger partial charge in [0.15, 0.2) is 0 Å². The van der Waals surface area contributed by atoms with Gasteiger partial charge in [-0.1, -0.05) is 0 Å². The van der Waals surface area contributed by atoms with Crippen LogP contribution in [0.2, 0.25) is 0 Å². The number of aromatic nitrogens is 4. The number of carbonyl (C=O) groups is 1. The molecular formula is C25H26N8O5S. The van der Waals surface area contributed by atoms with Gasteiger partial charge < -0.3 is 20.0 Å². The maximum atomic E-state index is 12.5. The van der Waals surface area contributed by atoms with E-state index >= 15 is 0 Å². The second kappa shape index (κ2) is 10.8. The molecule has 0 atom stereocenters. The minimum Gasteiger partial charge on any atom is -0.507 e. The summed E-state index contributed by atoms with van der Waals surface area (Å²) in [5, 5.41) is 31.2. The van der Waals surface area contributed by atoms with Gasteiger partial charge in [-0.05, 0) is 55.9 Å². The number of benzene rings is 1. The summed E-state index contributed by atoms with van der Waals surface area (Å²) in [6.07, 6.45) is 7.61. The van der Waals surface area contributed by atoms with Crippen LogP contribution in [-0.4, -0.2) is 55.8 Å². The number of aromatic amines is 1. The highest BCUT2D eigenvalue weighted by molar-refractivity contribution is 7.85. The number of H-pyrrole nitrogens is 1. The van der Waals surface area contributed by atoms with Crippen LogP contribution in [0.5, 0.6) is 5.75 Å². The summed E-state index contributed by atoms with van der Waals surface area (Å²) in [5.74, 6) is -0.955. The summed E-state index contributed by atoms with van der Waals surface area (Å²) in [5.41, 5.74) is 2.44. The van der Waals surface area contributed by atoms with Crippen LogP contribution in [0.15, 0.2) is 46.9 Å². The Morgan fingerprint density at radius 2 is 2.03 bits per heavy atom. The summed E-state index contributed by atoms with van der Waals surface area (Å²) in [6.45, 7) is -0.328. The first kappa shape index (κ1) is 26.3. The van der Waals surface area contributed by atoms with Crippen molar-refractivity contribution in [2.75, 3.05) is 12.3 Å². The van der Waals surface area contributed by atoms with Crippen LogP contribution in [-0.2, 0) is 10.1 Å². The Labute approximate surface area is 223 Å². The molecule has 39 heavy (non-hydrogen) atoms. The van der Waals surface area contributed by atoms with Crippen molar-refractivity contribution in [3.63, 3.8) is 0 Å². The number of phenols is 1. The number of phenolic OH excluding ortho intramolecular Hbond substituents is 1. The molecule has 1 aromatic carbocycles. The van der Waals surface area contributed by atoms with Crippen LogP contribution in [0.25, 0.3) is 22.1 Å². The molecule has 0 aliphatic heterocycles. The fourth-order valence-corrected chi connectivity index (χ4v) is 5.35. The van der Waals surface area contributed by atoms with E-state index in [9.17, 15) is 18.3 Å². The topological polar surface area (TPSA) is 199 Å². The Kier molecular flexibility index (Phi) is 7.27. The number of hydrogen-bond acceptors (Lipinski definition) is 9. The van der Waals surface area contributed by atoms with E-state index in [1.807, 2.05) is 12.3 Å². The number of nitriles is 1. The van der Waals surface area contributed by atoms with Gasteiger partial charge in [-0.2, -0.15) is 13.7 Å². The SMILES string of the molecule is N#CCC1CCC(n2c(/N=N/c3ccc(O)c(C(=O)NCCS(=O)(=O)O)c3)nc3cnc4[nH]ccc4c32)CC1. The lowest BCUT2D eigenvalue weighted by molar-refractivity contribution is 0.0953. The molecule has 3 heterocycles. The minimum atomic E-state index is -4.24. The fraction of sp³-hybridized carbons (Fsp3) is 0.360. The molecule has 1 aliphatic rings. The molecule has 13 nitrogen and oxygen atoms in total. The van der Waals surface area contributed by atoms with E-state index in [0.717, 1.165) is 42.2 Å². The molecule has 3 aromatic heterocycles. The number of azo groups is 1. The maximum absolute atomic E-state index is 12.5. The number of fused-ring (bicyclic) bond motifs is 3. The molecule has 0 saturated heterocycles. The maximum Gasteiger partial charge on any atom is 0.266 e. The van der Waals surface area contributed by atoms with Gasteiger partial charge in [0, 0.05) is 30.6 Å². The Morgan fingerprint density at radius 3 is 2.77 bits per heavy atom. The third-order valence-corrected chi connectivity index (χ3v) is 7.62. The molecule has 0 bridgehead atoms. The Hall–Kier alpha value is -4.35. The van der Waals surface area contributed by atoms with Crippen molar-refractivity contribution in [2.24, 2.45) is 16.1 Å². The number of nitrogens with one attached hydrogen (secondary N) is 2. The zero-order valence-corrected chi connectivity index (χ0v) is 21.6. The van der Waals surface area contributed by atoms with Gasteiger partial charge in [0.05, 0.1) is 34.8 Å². The van der Waals surface area contributed by atoms with Crippen molar-refractivity contribution in [3.05, 3.63) is 42.2 Å². The largest absolute Gasteiger partial charge is 0.507 e. The van der Waals surface area contributed by atoms with Gasteiger partial charge in [0.2, 0.25) is 0 Å². The molecule has 202 valence electrons. The van der Waals surface area contributed by atoms with E-state index < -0.39 is 21.8 Å². The quantitative estimate of drug-likeness (QED) is 0.184. The number of nitrogens with zero attached hydrogens (tertiary/aromatic N) is 6. The molecule has 0 radical (unpaired) electrons. The van der Waals surface area contributed by atoms with Crippen LogP contribution in [0.4, 0.5) is 11.6 Å². The molecule has 5 rings (SSSR count). The molecule has 14 heteroatoms. The highest BCUT2D eigenvalue weighted by atomic mass is 32.2. The van der Waals surface area contributed by atoms with Crippen molar-refractivity contribution >= 4 is 49.7 Å². The Morgan fingerprint density at radius 1 is 1.23 bits per heavy atom. The standard InChI is InChI=1S/C25H26N8O5S/c26-9-7-15-1-4-17(5-2-15)33-22-18-8-10-27-23(18)29-14-20(22)30-25(33)32-31-16-3-6-21(34)19(13-16)24(35)28-11-12-39(36,37)38/h3,6,8,10,13-15,17,34H,1-2,4-5,7,11-12H2,(H,27,29)(H,28,35)(H,36,37,38)/b32-31+. The number of imidazole rings is 1. The number of amides is 1. The smallest absolute Gasteiger partial charge is 0.266 e. The van der Waals surface area contributed by atoms with Gasteiger partial charge >= 0.3 is 0 Å². The third-order valence-electron chi connectivity index (χ3n) is 6.90.